The van der Waals surface area contributed by atoms with Crippen molar-refractivity contribution in [2.75, 3.05) is 32.8 Å². The number of rotatable bonds is 9. The quantitative estimate of drug-likeness (QED) is 0.0344. The summed E-state index contributed by atoms with van der Waals surface area (Å²) in [6, 6.07) is 18.4. The fourth-order valence-electron chi connectivity index (χ4n) is 5.99. The first-order valence-corrected chi connectivity index (χ1v) is 19.3. The van der Waals surface area contributed by atoms with E-state index in [1.54, 1.807) is 63.4 Å². The van der Waals surface area contributed by atoms with E-state index in [1.165, 1.54) is 18.2 Å². The number of methoxy groups -OCH3 is 2. The molecule has 3 N–H and O–H groups in total. The summed E-state index contributed by atoms with van der Waals surface area (Å²) in [6.45, 7) is 5.16. The maximum absolute atomic E-state index is 12.8. The number of halogens is 3. The number of aromatic amines is 2. The highest BCUT2D eigenvalue weighted by atomic mass is 35.5. The first-order valence-electron chi connectivity index (χ1n) is 17.9. The molecule has 0 fully saturated rings. The summed E-state index contributed by atoms with van der Waals surface area (Å²) in [7, 11) is 2.40. The van der Waals surface area contributed by atoms with Crippen molar-refractivity contribution >= 4 is 97.3 Å². The molecule has 2 amide bonds. The van der Waals surface area contributed by atoms with E-state index in [-0.39, 0.29) is 35.6 Å². The van der Waals surface area contributed by atoms with Crippen LogP contribution >= 0.6 is 34.8 Å². The zero-order chi connectivity index (χ0) is 43.7. The van der Waals surface area contributed by atoms with Crippen LogP contribution in [0.1, 0.15) is 48.5 Å². The van der Waals surface area contributed by atoms with Crippen molar-refractivity contribution in [1.29, 1.82) is 0 Å². The van der Waals surface area contributed by atoms with E-state index in [9.17, 15) is 28.8 Å². The van der Waals surface area contributed by atoms with E-state index < -0.39 is 52.8 Å². The molecule has 0 radical (unpaired) electrons. The van der Waals surface area contributed by atoms with Crippen LogP contribution in [-0.4, -0.2) is 94.2 Å². The van der Waals surface area contributed by atoms with Gasteiger partial charge in [-0.1, -0.05) is 36.4 Å². The third kappa shape index (κ3) is 10.3. The number of nitrogens with zero attached hydrogens (tertiary/aromatic N) is 1. The Hall–Kier alpha value is -6.23. The van der Waals surface area contributed by atoms with E-state index in [4.69, 9.17) is 58.5 Å². The van der Waals surface area contributed by atoms with Gasteiger partial charge in [-0.2, -0.15) is 0 Å². The number of benzene rings is 3. The number of carbonyl (C=O) groups is 6. The molecule has 5 aromatic rings. The van der Waals surface area contributed by atoms with Gasteiger partial charge in [-0.3, -0.25) is 19.3 Å². The monoisotopic (exact) mass is 884 g/mol. The molecule has 4 heterocycles. The van der Waals surface area contributed by atoms with Gasteiger partial charge in [-0.15, -0.1) is 23.2 Å². The number of nitrogens with one attached hydrogen (secondary N) is 3. The highest BCUT2D eigenvalue weighted by Gasteiger charge is 2.44. The third-order valence-electron chi connectivity index (χ3n) is 8.52. The van der Waals surface area contributed by atoms with Crippen molar-refractivity contribution in [3.8, 4) is 11.5 Å². The summed E-state index contributed by atoms with van der Waals surface area (Å²) in [5, 5.41) is 3.26. The lowest BCUT2D eigenvalue weighted by atomic mass is 10.0. The number of Topliss-reactive ketones (excluding diaryl/α,β-unsaturated/α-hetero) is 1. The van der Waals surface area contributed by atoms with Crippen molar-refractivity contribution < 1.29 is 57.2 Å². The van der Waals surface area contributed by atoms with Gasteiger partial charge in [-0.05, 0) is 62.7 Å². The lowest BCUT2D eigenvalue weighted by Gasteiger charge is -2.24. The average molecular weight is 886 g/mol. The molecular weight excluding hydrogens is 847 g/mol. The number of ether oxygens (including phenoxy) is 6. The predicted octanol–water partition coefficient (Wildman–Crippen LogP) is 6.94. The van der Waals surface area contributed by atoms with Crippen molar-refractivity contribution in [2.45, 2.75) is 38.6 Å². The zero-order valence-corrected chi connectivity index (χ0v) is 35.0. The first kappa shape index (κ1) is 44.9. The second-order valence-electron chi connectivity index (χ2n) is 13.6. The van der Waals surface area contributed by atoms with Gasteiger partial charge >= 0.3 is 18.0 Å². The number of hydrogen-bond acceptors (Lipinski definition) is 12. The molecule has 3 aromatic carbocycles. The fourth-order valence-corrected chi connectivity index (χ4v) is 6.12. The molecule has 0 aliphatic carbocycles. The van der Waals surface area contributed by atoms with Gasteiger partial charge < -0.3 is 43.7 Å². The minimum Gasteiger partial charge on any atom is -0.467 e. The van der Waals surface area contributed by atoms with E-state index in [2.05, 4.69) is 20.0 Å². The standard InChI is InChI=1S/C22H17ClN2O6.C17H20N2O5.C2H2Cl2O/c1-28-22(27)19-20(14-10-24-15-5-3-2-4-13(14)15)31-21(25(19)18(26)9-23)12-6-7-16-17(8-12)30-11-29-16;1-17(2,3)24-16(22)19-13(15(21)23-4)14(20)11-9-18-12-8-6-5-7-10(11)12;3-1-2(4)5/h2-8,10,21,24H,9,11H2,1H3;5-9,13,18H,1-4H3,(H,19,22);1H2. The molecule has 16 nitrogen and oxygen atoms in total. The molecular formula is C41H39Cl3N4O12. The molecule has 2 aliphatic heterocycles. The Bertz CT molecular complexity index is 2460. The number of ketones is 1. The van der Waals surface area contributed by atoms with Gasteiger partial charge in [0.15, 0.2) is 34.8 Å². The van der Waals surface area contributed by atoms with Crippen molar-refractivity contribution in [2.24, 2.45) is 0 Å². The Labute approximate surface area is 357 Å². The normalized spacial score (nSPS) is 14.5. The largest absolute Gasteiger partial charge is 0.467 e. The number of hydrogen-bond donors (Lipinski definition) is 3. The van der Waals surface area contributed by atoms with Gasteiger partial charge in [0.1, 0.15) is 11.5 Å². The summed E-state index contributed by atoms with van der Waals surface area (Å²) in [6.07, 6.45) is 1.43. The molecule has 7 rings (SSSR count). The Morgan fingerprint density at radius 1 is 0.850 bits per heavy atom. The number of alkyl halides is 2. The molecule has 2 aliphatic rings. The predicted molar refractivity (Wildman–Crippen MR) is 221 cm³/mol. The van der Waals surface area contributed by atoms with Crippen molar-refractivity contribution in [3.05, 3.63) is 102 Å². The summed E-state index contributed by atoms with van der Waals surface area (Å²) < 4.78 is 31.8. The molecule has 316 valence electrons. The van der Waals surface area contributed by atoms with Crippen LogP contribution in [0.2, 0.25) is 0 Å². The van der Waals surface area contributed by atoms with Crippen LogP contribution in [0.15, 0.2) is 84.8 Å². The van der Waals surface area contributed by atoms with Crippen LogP contribution in [0.5, 0.6) is 11.5 Å². The number of amides is 2. The van der Waals surface area contributed by atoms with E-state index >= 15 is 0 Å². The third-order valence-corrected chi connectivity index (χ3v) is 9.26. The molecule has 2 aromatic heterocycles. The number of fused-ring (bicyclic) bond motifs is 3. The van der Waals surface area contributed by atoms with Gasteiger partial charge in [0.25, 0.3) is 0 Å². The van der Waals surface area contributed by atoms with E-state index in [1.807, 2.05) is 30.3 Å². The van der Waals surface area contributed by atoms with Gasteiger partial charge in [0.05, 0.1) is 20.1 Å². The second kappa shape index (κ2) is 19.7. The minimum absolute atomic E-state index is 0.0134. The van der Waals surface area contributed by atoms with Gasteiger partial charge in [0.2, 0.25) is 24.2 Å². The molecule has 19 heteroatoms. The topological polar surface area (TPSA) is 205 Å². The van der Waals surface area contributed by atoms with Gasteiger partial charge in [0, 0.05) is 50.9 Å². The molecule has 0 saturated carbocycles. The Morgan fingerprint density at radius 3 is 2.08 bits per heavy atom. The average Bonchev–Trinajstić information content (AvgIpc) is 4.06. The summed E-state index contributed by atoms with van der Waals surface area (Å²) in [5.41, 5.74) is 2.36. The smallest absolute Gasteiger partial charge is 0.408 e. The number of esters is 2. The maximum Gasteiger partial charge on any atom is 0.408 e. The van der Waals surface area contributed by atoms with Crippen molar-refractivity contribution in [1.82, 2.24) is 20.2 Å². The summed E-state index contributed by atoms with van der Waals surface area (Å²) >= 11 is 15.4. The Balaban J connectivity index is 0.000000211. The van der Waals surface area contributed by atoms with Crippen LogP contribution in [0, 0.1) is 0 Å². The zero-order valence-electron chi connectivity index (χ0n) is 32.8. The van der Waals surface area contributed by atoms with E-state index in [0.29, 0.717) is 28.0 Å². The molecule has 2 unspecified atom stereocenters. The summed E-state index contributed by atoms with van der Waals surface area (Å²) in [4.78, 5) is 79.1. The maximum atomic E-state index is 12.8. The second-order valence-corrected chi connectivity index (χ2v) is 14.6. The van der Waals surface area contributed by atoms with Crippen LogP contribution in [0.3, 0.4) is 0 Å². The number of H-pyrrole nitrogens is 2. The van der Waals surface area contributed by atoms with Crippen LogP contribution in [0.4, 0.5) is 4.79 Å². The van der Waals surface area contributed by atoms with Crippen molar-refractivity contribution in [3.63, 3.8) is 0 Å². The number of carbonyl (C=O) groups excluding carboxylic acids is 6. The highest BCUT2D eigenvalue weighted by Crippen LogP contribution is 2.45. The first-order chi connectivity index (χ1) is 28.6. The highest BCUT2D eigenvalue weighted by molar-refractivity contribution is 6.67. The van der Waals surface area contributed by atoms with Crippen LogP contribution in [0.25, 0.3) is 27.6 Å². The Kier molecular flexibility index (Phi) is 14.7. The van der Waals surface area contributed by atoms with E-state index in [0.717, 1.165) is 23.5 Å². The number of aromatic nitrogens is 2. The number of alkyl carbamates (subject to hydrolysis) is 1. The number of para-hydroxylation sites is 2. The lowest BCUT2D eigenvalue weighted by Crippen LogP contribution is -2.48. The summed E-state index contributed by atoms with van der Waals surface area (Å²) in [5.74, 6) is -1.74. The van der Waals surface area contributed by atoms with Crippen LogP contribution < -0.4 is 14.8 Å². The molecule has 0 saturated heterocycles. The fraction of sp³-hybridized carbons (Fsp3) is 0.268. The molecule has 60 heavy (non-hydrogen) atoms. The van der Waals surface area contributed by atoms with Crippen LogP contribution in [-0.2, 0) is 38.1 Å². The van der Waals surface area contributed by atoms with Gasteiger partial charge in [-0.25, -0.2) is 14.4 Å². The minimum atomic E-state index is -1.48. The molecule has 2 atom stereocenters. The molecule has 0 spiro atoms. The lowest BCUT2D eigenvalue weighted by molar-refractivity contribution is -0.143. The SMILES string of the molecule is COC(=O)C(NC(=O)OC(C)(C)C)C(=O)c1c[nH]c2ccccc12.COC(=O)C1=C(c2c[nH]c3ccccc23)OC(c2ccc3c(c2)OCO3)N1C(=O)CCl.O=C(Cl)CCl. The Morgan fingerprint density at radius 2 is 1.47 bits per heavy atom. The molecule has 0 bridgehead atoms.